The Hall–Kier alpha value is -1.93. The lowest BCUT2D eigenvalue weighted by molar-refractivity contribution is -0.142. The summed E-state index contributed by atoms with van der Waals surface area (Å²) in [5.74, 6) is 0.00618. The molecule has 0 bridgehead atoms. The lowest BCUT2D eigenvalue weighted by atomic mass is 9.89. The molecule has 0 unspecified atom stereocenters. The SMILES string of the molecule is CCOC(=O)Cc1csc(NS(=O)(=O)c2c(C(C)C)cc(C(C)C)cc2C(C)C)n1. The van der Waals surface area contributed by atoms with E-state index in [1.165, 1.54) is 0 Å². The molecule has 0 aliphatic carbocycles. The van der Waals surface area contributed by atoms with Gasteiger partial charge in [-0.05, 0) is 41.4 Å². The van der Waals surface area contributed by atoms with Crippen LogP contribution in [0.3, 0.4) is 0 Å². The lowest BCUT2D eigenvalue weighted by Gasteiger charge is -2.22. The van der Waals surface area contributed by atoms with Crippen LogP contribution in [0.4, 0.5) is 5.13 Å². The zero-order valence-corrected chi connectivity index (χ0v) is 20.4. The monoisotopic (exact) mass is 452 g/mol. The fraction of sp³-hybridized carbons (Fsp3) is 0.545. The highest BCUT2D eigenvalue weighted by Crippen LogP contribution is 2.36. The second-order valence-electron chi connectivity index (χ2n) is 8.22. The highest BCUT2D eigenvalue weighted by atomic mass is 32.2. The van der Waals surface area contributed by atoms with Gasteiger partial charge in [0, 0.05) is 5.38 Å². The summed E-state index contributed by atoms with van der Waals surface area (Å²) >= 11 is 1.16. The maximum absolute atomic E-state index is 13.4. The van der Waals surface area contributed by atoms with Crippen LogP contribution in [-0.4, -0.2) is 26.0 Å². The molecule has 0 saturated heterocycles. The summed E-state index contributed by atoms with van der Waals surface area (Å²) in [6.07, 6.45) is 0.0175. The lowest BCUT2D eigenvalue weighted by Crippen LogP contribution is -2.19. The van der Waals surface area contributed by atoms with Gasteiger partial charge in [-0.3, -0.25) is 9.52 Å². The summed E-state index contributed by atoms with van der Waals surface area (Å²) in [5.41, 5.74) is 3.23. The molecule has 0 amide bonds. The Balaban J connectivity index is 2.47. The van der Waals surface area contributed by atoms with Crippen molar-refractivity contribution in [3.05, 3.63) is 39.9 Å². The molecule has 6 nitrogen and oxygen atoms in total. The summed E-state index contributed by atoms with van der Waals surface area (Å²) in [5, 5.41) is 1.91. The van der Waals surface area contributed by atoms with Crippen LogP contribution in [0, 0.1) is 0 Å². The average molecular weight is 453 g/mol. The van der Waals surface area contributed by atoms with Crippen molar-refractivity contribution in [1.29, 1.82) is 0 Å². The molecule has 0 radical (unpaired) electrons. The number of aromatic nitrogens is 1. The van der Waals surface area contributed by atoms with E-state index in [0.717, 1.165) is 28.0 Å². The van der Waals surface area contributed by atoms with Crippen molar-refractivity contribution in [2.75, 3.05) is 11.3 Å². The van der Waals surface area contributed by atoms with Crippen molar-refractivity contribution in [3.63, 3.8) is 0 Å². The quantitative estimate of drug-likeness (QED) is 0.514. The van der Waals surface area contributed by atoms with Crippen molar-refractivity contribution in [2.24, 2.45) is 0 Å². The van der Waals surface area contributed by atoms with Gasteiger partial charge in [-0.2, -0.15) is 0 Å². The number of nitrogens with one attached hydrogen (secondary N) is 1. The highest BCUT2D eigenvalue weighted by Gasteiger charge is 2.28. The zero-order chi connectivity index (χ0) is 22.6. The fourth-order valence-corrected chi connectivity index (χ4v) is 5.82. The normalized spacial score (nSPS) is 12.1. The molecule has 0 aliphatic rings. The molecule has 0 aliphatic heterocycles. The van der Waals surface area contributed by atoms with Crippen LogP contribution in [0.15, 0.2) is 22.4 Å². The van der Waals surface area contributed by atoms with E-state index >= 15 is 0 Å². The topological polar surface area (TPSA) is 85.4 Å². The third kappa shape index (κ3) is 5.82. The Morgan fingerprint density at radius 2 is 1.63 bits per heavy atom. The third-order valence-electron chi connectivity index (χ3n) is 4.75. The number of ether oxygens (including phenoxy) is 1. The van der Waals surface area contributed by atoms with E-state index in [1.54, 1.807) is 12.3 Å². The maximum Gasteiger partial charge on any atom is 0.311 e. The number of anilines is 1. The molecule has 0 spiro atoms. The number of hydrogen-bond donors (Lipinski definition) is 1. The Bertz CT molecular complexity index is 963. The van der Waals surface area contributed by atoms with Gasteiger partial charge < -0.3 is 4.74 Å². The molecule has 30 heavy (non-hydrogen) atoms. The molecule has 1 heterocycles. The summed E-state index contributed by atoms with van der Waals surface area (Å²) in [6.45, 7) is 14.3. The van der Waals surface area contributed by atoms with Crippen molar-refractivity contribution < 1.29 is 17.9 Å². The van der Waals surface area contributed by atoms with Crippen LogP contribution in [0.2, 0.25) is 0 Å². The first-order chi connectivity index (χ1) is 14.0. The van der Waals surface area contributed by atoms with Crippen molar-refractivity contribution >= 4 is 32.5 Å². The van der Waals surface area contributed by atoms with Crippen LogP contribution >= 0.6 is 11.3 Å². The largest absolute Gasteiger partial charge is 0.466 e. The molecular formula is C22H32N2O4S2. The van der Waals surface area contributed by atoms with Gasteiger partial charge in [-0.1, -0.05) is 53.7 Å². The van der Waals surface area contributed by atoms with Gasteiger partial charge >= 0.3 is 5.97 Å². The first-order valence-corrected chi connectivity index (χ1v) is 12.6. The molecule has 1 aromatic carbocycles. The van der Waals surface area contributed by atoms with Crippen molar-refractivity contribution in [2.45, 2.75) is 77.5 Å². The Labute approximate surface area is 184 Å². The number of carbonyl (C=O) groups is 1. The van der Waals surface area contributed by atoms with Gasteiger partial charge in [0.25, 0.3) is 10.0 Å². The van der Waals surface area contributed by atoms with Gasteiger partial charge in [0.15, 0.2) is 5.13 Å². The second-order valence-corrected chi connectivity index (χ2v) is 10.7. The number of carbonyl (C=O) groups excluding carboxylic acids is 1. The molecule has 166 valence electrons. The average Bonchev–Trinajstić information content (AvgIpc) is 3.06. The Morgan fingerprint density at radius 1 is 1.07 bits per heavy atom. The van der Waals surface area contributed by atoms with E-state index in [-0.39, 0.29) is 29.4 Å². The van der Waals surface area contributed by atoms with Gasteiger partial charge in [0.2, 0.25) is 0 Å². The molecular weight excluding hydrogens is 420 g/mol. The van der Waals surface area contributed by atoms with Gasteiger partial charge in [0.05, 0.1) is 23.6 Å². The summed E-state index contributed by atoms with van der Waals surface area (Å²) in [4.78, 5) is 16.3. The van der Waals surface area contributed by atoms with E-state index in [1.807, 2.05) is 39.8 Å². The number of benzene rings is 1. The summed E-state index contributed by atoms with van der Waals surface area (Å²) < 4.78 is 34.4. The van der Waals surface area contributed by atoms with Crippen LogP contribution in [-0.2, 0) is 26.0 Å². The van der Waals surface area contributed by atoms with Crippen LogP contribution in [0.25, 0.3) is 0 Å². The summed E-state index contributed by atoms with van der Waals surface area (Å²) in [7, 11) is -3.85. The zero-order valence-electron chi connectivity index (χ0n) is 18.8. The van der Waals surface area contributed by atoms with Crippen LogP contribution in [0.5, 0.6) is 0 Å². The Morgan fingerprint density at radius 3 is 2.10 bits per heavy atom. The molecule has 2 rings (SSSR count). The smallest absolute Gasteiger partial charge is 0.311 e. The van der Waals surface area contributed by atoms with E-state index in [4.69, 9.17) is 4.74 Å². The predicted molar refractivity (Wildman–Crippen MR) is 122 cm³/mol. The number of nitrogens with zero attached hydrogens (tertiary/aromatic N) is 1. The van der Waals surface area contributed by atoms with Crippen molar-refractivity contribution in [3.8, 4) is 0 Å². The van der Waals surface area contributed by atoms with Crippen molar-refractivity contribution in [1.82, 2.24) is 4.98 Å². The fourth-order valence-electron chi connectivity index (χ4n) is 3.16. The van der Waals surface area contributed by atoms with E-state index < -0.39 is 10.0 Å². The van der Waals surface area contributed by atoms with E-state index in [0.29, 0.717) is 23.1 Å². The number of rotatable bonds is 9. The minimum Gasteiger partial charge on any atom is -0.466 e. The van der Waals surface area contributed by atoms with Crippen LogP contribution < -0.4 is 4.72 Å². The summed E-state index contributed by atoms with van der Waals surface area (Å²) in [6, 6.07) is 4.01. The number of thiazole rings is 1. The van der Waals surface area contributed by atoms with Gasteiger partial charge in [0.1, 0.15) is 0 Å². The standard InChI is InChI=1S/C22H32N2O4S2/c1-8-28-20(25)11-17-12-29-22(23-17)24-30(26,27)21-18(14(4)5)9-16(13(2)3)10-19(21)15(6)7/h9-10,12-15H,8,11H2,1-7H3,(H,23,24). The highest BCUT2D eigenvalue weighted by molar-refractivity contribution is 7.93. The molecule has 0 saturated carbocycles. The Kier molecular flexibility index (Phi) is 8.05. The molecule has 0 fully saturated rings. The first-order valence-electron chi connectivity index (χ1n) is 10.3. The minimum atomic E-state index is -3.85. The van der Waals surface area contributed by atoms with Gasteiger partial charge in [-0.15, -0.1) is 11.3 Å². The van der Waals surface area contributed by atoms with E-state index in [2.05, 4.69) is 23.6 Å². The molecule has 1 N–H and O–H groups in total. The minimum absolute atomic E-state index is 0.0175. The number of esters is 1. The molecule has 2 aromatic rings. The first kappa shape index (κ1) is 24.3. The van der Waals surface area contributed by atoms with Gasteiger partial charge in [-0.25, -0.2) is 13.4 Å². The molecule has 8 heteroatoms. The second kappa shape index (κ2) is 9.92. The predicted octanol–water partition coefficient (Wildman–Crippen LogP) is 5.42. The molecule has 1 aromatic heterocycles. The molecule has 0 atom stereocenters. The maximum atomic E-state index is 13.4. The number of sulfonamides is 1. The van der Waals surface area contributed by atoms with Crippen LogP contribution in [0.1, 0.15) is 88.6 Å². The number of hydrogen-bond acceptors (Lipinski definition) is 6. The van der Waals surface area contributed by atoms with E-state index in [9.17, 15) is 13.2 Å². The third-order valence-corrected chi connectivity index (χ3v) is 7.16.